The maximum absolute atomic E-state index is 12.2. The van der Waals surface area contributed by atoms with Gasteiger partial charge in [0.15, 0.2) is 0 Å². The standard InChI is InChI=1S/C13H18N2O2S/c16-13(14-7-10-3-6-18-9-10)15-4-5-17-8-12(15)11-1-2-11/h3,6,9,11-12H,1-2,4-5,7-8H2,(H,14,16). The molecule has 0 spiro atoms. The molecule has 98 valence electrons. The summed E-state index contributed by atoms with van der Waals surface area (Å²) >= 11 is 1.66. The van der Waals surface area contributed by atoms with Crippen LogP contribution in [-0.4, -0.2) is 36.7 Å². The number of ether oxygens (including phenoxy) is 1. The Bertz CT molecular complexity index is 403. The van der Waals surface area contributed by atoms with Crippen LogP contribution < -0.4 is 5.32 Å². The SMILES string of the molecule is O=C(NCc1ccsc1)N1CCOCC1C1CC1. The monoisotopic (exact) mass is 266 g/mol. The molecule has 1 aromatic heterocycles. The molecule has 1 aliphatic carbocycles. The van der Waals surface area contributed by atoms with Gasteiger partial charge >= 0.3 is 6.03 Å². The number of carbonyl (C=O) groups is 1. The van der Waals surface area contributed by atoms with E-state index in [-0.39, 0.29) is 6.03 Å². The van der Waals surface area contributed by atoms with E-state index >= 15 is 0 Å². The van der Waals surface area contributed by atoms with Crippen molar-refractivity contribution in [3.63, 3.8) is 0 Å². The Morgan fingerprint density at radius 3 is 3.17 bits per heavy atom. The summed E-state index contributed by atoms with van der Waals surface area (Å²) in [6, 6.07) is 2.39. The van der Waals surface area contributed by atoms with E-state index in [0.29, 0.717) is 31.7 Å². The summed E-state index contributed by atoms with van der Waals surface area (Å²) < 4.78 is 5.49. The normalized spacial score (nSPS) is 24.0. The molecule has 1 aromatic rings. The van der Waals surface area contributed by atoms with E-state index in [0.717, 1.165) is 6.54 Å². The molecule has 1 N–H and O–H groups in total. The number of hydrogen-bond donors (Lipinski definition) is 1. The molecule has 1 atom stereocenters. The zero-order chi connectivity index (χ0) is 12.4. The molecule has 2 fully saturated rings. The number of urea groups is 1. The van der Waals surface area contributed by atoms with Crippen molar-refractivity contribution < 1.29 is 9.53 Å². The Balaban J connectivity index is 1.56. The minimum absolute atomic E-state index is 0.0569. The summed E-state index contributed by atoms with van der Waals surface area (Å²) in [5.41, 5.74) is 1.17. The van der Waals surface area contributed by atoms with Crippen LogP contribution in [0.25, 0.3) is 0 Å². The summed E-state index contributed by atoms with van der Waals surface area (Å²) in [5, 5.41) is 7.10. The van der Waals surface area contributed by atoms with Crippen molar-refractivity contribution in [1.82, 2.24) is 10.2 Å². The molecule has 4 nitrogen and oxygen atoms in total. The van der Waals surface area contributed by atoms with Gasteiger partial charge in [-0.3, -0.25) is 0 Å². The number of carbonyl (C=O) groups excluding carboxylic acids is 1. The Kier molecular flexibility index (Phi) is 3.52. The Morgan fingerprint density at radius 2 is 2.44 bits per heavy atom. The van der Waals surface area contributed by atoms with Crippen LogP contribution >= 0.6 is 11.3 Å². The molecule has 3 rings (SSSR count). The highest BCUT2D eigenvalue weighted by Gasteiger charge is 2.39. The van der Waals surface area contributed by atoms with Crippen LogP contribution in [0.2, 0.25) is 0 Å². The number of nitrogens with one attached hydrogen (secondary N) is 1. The fourth-order valence-corrected chi connectivity index (χ4v) is 3.09. The summed E-state index contributed by atoms with van der Waals surface area (Å²) in [5.74, 6) is 0.664. The Hall–Kier alpha value is -1.07. The van der Waals surface area contributed by atoms with Crippen molar-refractivity contribution in [2.45, 2.75) is 25.4 Å². The molecule has 0 bridgehead atoms. The molecule has 18 heavy (non-hydrogen) atoms. The molecule has 1 saturated heterocycles. The summed E-state index contributed by atoms with van der Waals surface area (Å²) in [7, 11) is 0. The maximum atomic E-state index is 12.2. The van der Waals surface area contributed by atoms with Crippen molar-refractivity contribution in [1.29, 1.82) is 0 Å². The first-order valence-corrected chi connectivity index (χ1v) is 7.42. The molecule has 0 aromatic carbocycles. The number of amides is 2. The third-order valence-electron chi connectivity index (χ3n) is 3.62. The fraction of sp³-hybridized carbons (Fsp3) is 0.615. The first-order valence-electron chi connectivity index (χ1n) is 6.48. The van der Waals surface area contributed by atoms with Gasteiger partial charge in [0, 0.05) is 13.1 Å². The van der Waals surface area contributed by atoms with Gasteiger partial charge in [-0.2, -0.15) is 11.3 Å². The third-order valence-corrected chi connectivity index (χ3v) is 4.35. The fourth-order valence-electron chi connectivity index (χ4n) is 2.42. The lowest BCUT2D eigenvalue weighted by Crippen LogP contribution is -2.53. The first-order chi connectivity index (χ1) is 8.84. The van der Waals surface area contributed by atoms with E-state index in [9.17, 15) is 4.79 Å². The van der Waals surface area contributed by atoms with Crippen LogP contribution in [0.1, 0.15) is 18.4 Å². The molecule has 2 amide bonds. The van der Waals surface area contributed by atoms with Crippen molar-refractivity contribution in [2.75, 3.05) is 19.8 Å². The second-order valence-corrected chi connectivity index (χ2v) is 5.74. The quantitative estimate of drug-likeness (QED) is 0.910. The highest BCUT2D eigenvalue weighted by molar-refractivity contribution is 7.07. The molecular formula is C13H18N2O2S. The number of thiophene rings is 1. The van der Waals surface area contributed by atoms with Crippen LogP contribution in [0, 0.1) is 5.92 Å². The zero-order valence-corrected chi connectivity index (χ0v) is 11.1. The zero-order valence-electron chi connectivity index (χ0n) is 10.3. The minimum atomic E-state index is 0.0569. The van der Waals surface area contributed by atoms with Crippen molar-refractivity contribution in [3.8, 4) is 0 Å². The van der Waals surface area contributed by atoms with Crippen LogP contribution in [0.3, 0.4) is 0 Å². The first kappa shape index (κ1) is 12.0. The Morgan fingerprint density at radius 1 is 1.56 bits per heavy atom. The smallest absolute Gasteiger partial charge is 0.318 e. The van der Waals surface area contributed by atoms with Crippen molar-refractivity contribution in [3.05, 3.63) is 22.4 Å². The van der Waals surface area contributed by atoms with Gasteiger partial charge in [-0.15, -0.1) is 0 Å². The van der Waals surface area contributed by atoms with E-state index in [1.807, 2.05) is 16.3 Å². The number of hydrogen-bond acceptors (Lipinski definition) is 3. The van der Waals surface area contributed by atoms with Gasteiger partial charge in [0.05, 0.1) is 19.3 Å². The van der Waals surface area contributed by atoms with Crippen LogP contribution in [0.15, 0.2) is 16.8 Å². The van der Waals surface area contributed by atoms with Crippen LogP contribution in [0.5, 0.6) is 0 Å². The van der Waals surface area contributed by atoms with Gasteiger partial charge in [-0.25, -0.2) is 4.79 Å². The van der Waals surface area contributed by atoms with Gasteiger partial charge in [-0.1, -0.05) is 0 Å². The van der Waals surface area contributed by atoms with Gasteiger partial charge in [-0.05, 0) is 41.1 Å². The van der Waals surface area contributed by atoms with E-state index in [1.54, 1.807) is 11.3 Å². The molecule has 2 aliphatic rings. The molecule has 0 radical (unpaired) electrons. The highest BCUT2D eigenvalue weighted by Crippen LogP contribution is 2.36. The lowest BCUT2D eigenvalue weighted by Gasteiger charge is -2.35. The molecule has 5 heteroatoms. The number of nitrogens with zero attached hydrogens (tertiary/aromatic N) is 1. The predicted molar refractivity (Wildman–Crippen MR) is 70.6 cm³/mol. The van der Waals surface area contributed by atoms with Crippen LogP contribution in [0.4, 0.5) is 4.79 Å². The highest BCUT2D eigenvalue weighted by atomic mass is 32.1. The van der Waals surface area contributed by atoms with E-state index in [4.69, 9.17) is 4.74 Å². The number of rotatable bonds is 3. The molecule has 1 unspecified atom stereocenters. The predicted octanol–water partition coefficient (Wildman–Crippen LogP) is 2.07. The van der Waals surface area contributed by atoms with Crippen LogP contribution in [-0.2, 0) is 11.3 Å². The van der Waals surface area contributed by atoms with Crippen molar-refractivity contribution in [2.24, 2.45) is 5.92 Å². The molecule has 1 aliphatic heterocycles. The second-order valence-electron chi connectivity index (χ2n) is 4.96. The van der Waals surface area contributed by atoms with E-state index < -0.39 is 0 Å². The summed E-state index contributed by atoms with van der Waals surface area (Å²) in [6.07, 6.45) is 2.48. The van der Waals surface area contributed by atoms with Gasteiger partial charge < -0.3 is 15.0 Å². The molecular weight excluding hydrogens is 248 g/mol. The second kappa shape index (κ2) is 5.28. The molecule has 1 saturated carbocycles. The minimum Gasteiger partial charge on any atom is -0.377 e. The third kappa shape index (κ3) is 2.67. The summed E-state index contributed by atoms with van der Waals surface area (Å²) in [6.45, 7) is 2.71. The topological polar surface area (TPSA) is 41.6 Å². The largest absolute Gasteiger partial charge is 0.377 e. The molecule has 2 heterocycles. The van der Waals surface area contributed by atoms with Crippen molar-refractivity contribution >= 4 is 17.4 Å². The van der Waals surface area contributed by atoms with Gasteiger partial charge in [0.2, 0.25) is 0 Å². The van der Waals surface area contributed by atoms with Gasteiger partial charge in [0.25, 0.3) is 0 Å². The lowest BCUT2D eigenvalue weighted by atomic mass is 10.1. The average molecular weight is 266 g/mol. The number of morpholine rings is 1. The van der Waals surface area contributed by atoms with E-state index in [1.165, 1.54) is 18.4 Å². The van der Waals surface area contributed by atoms with E-state index in [2.05, 4.69) is 10.7 Å². The Labute approximate surface area is 111 Å². The summed E-state index contributed by atoms with van der Waals surface area (Å²) in [4.78, 5) is 14.2. The average Bonchev–Trinajstić information content (AvgIpc) is 3.13. The lowest BCUT2D eigenvalue weighted by molar-refractivity contribution is 0.00464. The maximum Gasteiger partial charge on any atom is 0.318 e. The van der Waals surface area contributed by atoms with Gasteiger partial charge in [0.1, 0.15) is 0 Å².